The fourth-order valence-corrected chi connectivity index (χ4v) is 1.55. The Bertz CT molecular complexity index is 565. The standard InChI is InChI=1S/C12H9ClFNO2/c1-7-2-5-11(17-7)12(16)15-10-4-3-8(14)6-9(10)13/h2-6H,1H3,(H,15,16). The molecule has 2 aromatic rings. The minimum absolute atomic E-state index is 0.140. The predicted molar refractivity (Wildman–Crippen MR) is 62.8 cm³/mol. The van der Waals surface area contributed by atoms with E-state index in [-0.39, 0.29) is 10.8 Å². The summed E-state index contributed by atoms with van der Waals surface area (Å²) in [4.78, 5) is 11.7. The van der Waals surface area contributed by atoms with E-state index in [1.165, 1.54) is 12.1 Å². The number of hydrogen-bond acceptors (Lipinski definition) is 2. The quantitative estimate of drug-likeness (QED) is 0.888. The number of nitrogens with one attached hydrogen (secondary N) is 1. The van der Waals surface area contributed by atoms with Crippen molar-refractivity contribution in [3.8, 4) is 0 Å². The van der Waals surface area contributed by atoms with Crippen molar-refractivity contribution >= 4 is 23.2 Å². The molecule has 1 N–H and O–H groups in total. The summed E-state index contributed by atoms with van der Waals surface area (Å²) in [5.41, 5.74) is 0.340. The van der Waals surface area contributed by atoms with Gasteiger partial charge in [-0.1, -0.05) is 11.6 Å². The second-order valence-electron chi connectivity index (χ2n) is 3.49. The van der Waals surface area contributed by atoms with Crippen LogP contribution in [-0.4, -0.2) is 5.91 Å². The lowest BCUT2D eigenvalue weighted by Gasteiger charge is -2.05. The van der Waals surface area contributed by atoms with Crippen molar-refractivity contribution in [3.63, 3.8) is 0 Å². The van der Waals surface area contributed by atoms with Gasteiger partial charge >= 0.3 is 0 Å². The fraction of sp³-hybridized carbons (Fsp3) is 0.0833. The lowest BCUT2D eigenvalue weighted by atomic mass is 10.3. The van der Waals surface area contributed by atoms with Crippen molar-refractivity contribution in [2.45, 2.75) is 6.92 Å². The number of benzene rings is 1. The molecule has 0 spiro atoms. The number of furan rings is 1. The summed E-state index contributed by atoms with van der Waals surface area (Å²) >= 11 is 5.78. The number of aryl methyl sites for hydroxylation is 1. The highest BCUT2D eigenvalue weighted by Crippen LogP contribution is 2.23. The Morgan fingerprint density at radius 1 is 1.35 bits per heavy atom. The van der Waals surface area contributed by atoms with Gasteiger partial charge in [0.25, 0.3) is 5.91 Å². The molecular weight excluding hydrogens is 245 g/mol. The fourth-order valence-electron chi connectivity index (χ4n) is 1.33. The van der Waals surface area contributed by atoms with Crippen LogP contribution in [0.3, 0.4) is 0 Å². The molecular formula is C12H9ClFNO2. The lowest BCUT2D eigenvalue weighted by Crippen LogP contribution is -2.11. The number of anilines is 1. The molecule has 1 aromatic carbocycles. The predicted octanol–water partition coefficient (Wildman–Crippen LogP) is 3.63. The zero-order valence-corrected chi connectivity index (χ0v) is 9.72. The Labute approximate surface area is 102 Å². The third-order valence-electron chi connectivity index (χ3n) is 2.14. The molecule has 17 heavy (non-hydrogen) atoms. The van der Waals surface area contributed by atoms with Gasteiger partial charge in [-0.3, -0.25) is 4.79 Å². The minimum Gasteiger partial charge on any atom is -0.456 e. The Balaban J connectivity index is 2.18. The van der Waals surface area contributed by atoms with Crippen LogP contribution >= 0.6 is 11.6 Å². The second-order valence-corrected chi connectivity index (χ2v) is 3.90. The van der Waals surface area contributed by atoms with Crippen LogP contribution in [0, 0.1) is 12.7 Å². The summed E-state index contributed by atoms with van der Waals surface area (Å²) in [7, 11) is 0. The van der Waals surface area contributed by atoms with Crippen LogP contribution in [0.4, 0.5) is 10.1 Å². The number of carbonyl (C=O) groups is 1. The van der Waals surface area contributed by atoms with E-state index in [0.29, 0.717) is 11.4 Å². The number of rotatable bonds is 2. The SMILES string of the molecule is Cc1ccc(C(=O)Nc2ccc(F)cc2Cl)o1. The maximum absolute atomic E-state index is 12.8. The molecule has 0 aliphatic heterocycles. The molecule has 5 heteroatoms. The molecule has 3 nitrogen and oxygen atoms in total. The molecule has 0 aliphatic rings. The summed E-state index contributed by atoms with van der Waals surface area (Å²) in [6.45, 7) is 1.74. The zero-order valence-electron chi connectivity index (χ0n) is 8.96. The third-order valence-corrected chi connectivity index (χ3v) is 2.46. The van der Waals surface area contributed by atoms with Gasteiger partial charge in [0.1, 0.15) is 11.6 Å². The van der Waals surface area contributed by atoms with Crippen LogP contribution < -0.4 is 5.32 Å². The van der Waals surface area contributed by atoms with Gasteiger partial charge in [-0.05, 0) is 37.3 Å². The van der Waals surface area contributed by atoms with Crippen LogP contribution in [0.15, 0.2) is 34.7 Å². The number of halogens is 2. The van der Waals surface area contributed by atoms with Gasteiger partial charge in [0.05, 0.1) is 10.7 Å². The summed E-state index contributed by atoms with van der Waals surface area (Å²) < 4.78 is 17.9. The highest BCUT2D eigenvalue weighted by Gasteiger charge is 2.12. The van der Waals surface area contributed by atoms with Crippen molar-refractivity contribution in [2.24, 2.45) is 0 Å². The maximum Gasteiger partial charge on any atom is 0.291 e. The van der Waals surface area contributed by atoms with E-state index in [2.05, 4.69) is 5.32 Å². The third kappa shape index (κ3) is 2.65. The molecule has 0 aliphatic carbocycles. The Kier molecular flexibility index (Phi) is 3.15. The topological polar surface area (TPSA) is 42.2 Å². The molecule has 2 rings (SSSR count). The molecule has 1 heterocycles. The van der Waals surface area contributed by atoms with E-state index in [4.69, 9.17) is 16.0 Å². The van der Waals surface area contributed by atoms with Crippen molar-refractivity contribution in [2.75, 3.05) is 5.32 Å². The number of hydrogen-bond donors (Lipinski definition) is 1. The van der Waals surface area contributed by atoms with Gasteiger partial charge in [0.15, 0.2) is 5.76 Å². The average Bonchev–Trinajstić information content (AvgIpc) is 2.69. The molecule has 1 aromatic heterocycles. The van der Waals surface area contributed by atoms with E-state index in [0.717, 1.165) is 6.07 Å². The van der Waals surface area contributed by atoms with E-state index in [1.807, 2.05) is 0 Å². The molecule has 0 fully saturated rings. The molecule has 1 amide bonds. The van der Waals surface area contributed by atoms with Crippen LogP contribution in [0.5, 0.6) is 0 Å². The van der Waals surface area contributed by atoms with E-state index in [9.17, 15) is 9.18 Å². The summed E-state index contributed by atoms with van der Waals surface area (Å²) in [6.07, 6.45) is 0. The Morgan fingerprint density at radius 2 is 2.12 bits per heavy atom. The van der Waals surface area contributed by atoms with Gasteiger partial charge < -0.3 is 9.73 Å². The lowest BCUT2D eigenvalue weighted by molar-refractivity contribution is 0.0995. The van der Waals surface area contributed by atoms with E-state index >= 15 is 0 Å². The normalized spacial score (nSPS) is 10.3. The van der Waals surface area contributed by atoms with Gasteiger partial charge in [0, 0.05) is 0 Å². The van der Waals surface area contributed by atoms with Crippen LogP contribution in [0.25, 0.3) is 0 Å². The largest absolute Gasteiger partial charge is 0.456 e. The molecule has 0 bridgehead atoms. The minimum atomic E-state index is -0.457. The van der Waals surface area contributed by atoms with Crippen LogP contribution in [0.1, 0.15) is 16.3 Å². The molecule has 0 radical (unpaired) electrons. The molecule has 88 valence electrons. The number of carbonyl (C=O) groups excluding carboxylic acids is 1. The summed E-state index contributed by atoms with van der Waals surface area (Å²) in [5.74, 6) is -0.0586. The van der Waals surface area contributed by atoms with Crippen molar-refractivity contribution < 1.29 is 13.6 Å². The van der Waals surface area contributed by atoms with Crippen LogP contribution in [-0.2, 0) is 0 Å². The Morgan fingerprint density at radius 3 is 2.71 bits per heavy atom. The van der Waals surface area contributed by atoms with Crippen LogP contribution in [0.2, 0.25) is 5.02 Å². The first-order chi connectivity index (χ1) is 8.06. The van der Waals surface area contributed by atoms with Gasteiger partial charge in [-0.25, -0.2) is 4.39 Å². The van der Waals surface area contributed by atoms with E-state index < -0.39 is 11.7 Å². The first kappa shape index (κ1) is 11.7. The van der Waals surface area contributed by atoms with Crippen molar-refractivity contribution in [3.05, 3.63) is 52.7 Å². The Hall–Kier alpha value is -1.81. The molecule has 0 unspecified atom stereocenters. The van der Waals surface area contributed by atoms with E-state index in [1.54, 1.807) is 19.1 Å². The van der Waals surface area contributed by atoms with Gasteiger partial charge in [-0.2, -0.15) is 0 Å². The smallest absolute Gasteiger partial charge is 0.291 e. The first-order valence-corrected chi connectivity index (χ1v) is 5.27. The maximum atomic E-state index is 12.8. The highest BCUT2D eigenvalue weighted by atomic mass is 35.5. The van der Waals surface area contributed by atoms with Crippen molar-refractivity contribution in [1.82, 2.24) is 0 Å². The van der Waals surface area contributed by atoms with Crippen molar-refractivity contribution in [1.29, 1.82) is 0 Å². The average molecular weight is 254 g/mol. The first-order valence-electron chi connectivity index (χ1n) is 4.89. The number of amides is 1. The second kappa shape index (κ2) is 4.59. The summed E-state index contributed by atoms with van der Waals surface area (Å²) in [6, 6.07) is 6.98. The summed E-state index contributed by atoms with van der Waals surface area (Å²) in [5, 5.41) is 2.68. The molecule has 0 saturated heterocycles. The van der Waals surface area contributed by atoms with Gasteiger partial charge in [-0.15, -0.1) is 0 Å². The van der Waals surface area contributed by atoms with Gasteiger partial charge in [0.2, 0.25) is 0 Å². The molecule has 0 saturated carbocycles. The highest BCUT2D eigenvalue weighted by molar-refractivity contribution is 6.33. The monoisotopic (exact) mass is 253 g/mol. The molecule has 0 atom stereocenters. The zero-order chi connectivity index (χ0) is 12.4.